The van der Waals surface area contributed by atoms with E-state index in [-0.39, 0.29) is 28.5 Å². The van der Waals surface area contributed by atoms with Gasteiger partial charge in [0.15, 0.2) is 0 Å². The molecule has 29 heavy (non-hydrogen) atoms. The molecule has 11 heteroatoms. The van der Waals surface area contributed by atoms with Crippen LogP contribution in [0.4, 0.5) is 18.9 Å². The molecule has 1 saturated carbocycles. The van der Waals surface area contributed by atoms with Gasteiger partial charge in [0.25, 0.3) is 0 Å². The highest BCUT2D eigenvalue weighted by molar-refractivity contribution is 7.89. The number of carbonyl (C=O) groups is 2. The standard InChI is InChI=1S/C18H22F3N3O4S/c19-18(20,21)11-22-29(27,28)15-5-3-14(4-6-15)23-16(25)12-7-9-24(10-8-12)17(26)13-1-2-13/h3-6,12-13,22H,1-2,7-11H2,(H,23,25). The minimum Gasteiger partial charge on any atom is -0.342 e. The monoisotopic (exact) mass is 433 g/mol. The molecule has 1 heterocycles. The number of rotatable bonds is 6. The summed E-state index contributed by atoms with van der Waals surface area (Å²) in [6.07, 6.45) is -1.66. The van der Waals surface area contributed by atoms with E-state index in [9.17, 15) is 31.2 Å². The maximum Gasteiger partial charge on any atom is 0.402 e. The molecule has 2 aliphatic rings. The molecular formula is C18H22F3N3O4S. The van der Waals surface area contributed by atoms with Crippen LogP contribution in [0.5, 0.6) is 0 Å². The van der Waals surface area contributed by atoms with E-state index in [1.54, 1.807) is 4.90 Å². The first kappa shape index (κ1) is 21.6. The Hall–Kier alpha value is -2.14. The van der Waals surface area contributed by atoms with Crippen molar-refractivity contribution in [2.45, 2.75) is 36.8 Å². The first-order chi connectivity index (χ1) is 13.5. The first-order valence-corrected chi connectivity index (χ1v) is 10.8. The van der Waals surface area contributed by atoms with Crippen molar-refractivity contribution in [2.75, 3.05) is 25.0 Å². The molecule has 2 fully saturated rings. The predicted molar refractivity (Wildman–Crippen MR) is 98.3 cm³/mol. The van der Waals surface area contributed by atoms with Crippen LogP contribution in [0.25, 0.3) is 0 Å². The zero-order valence-corrected chi connectivity index (χ0v) is 16.4. The highest BCUT2D eigenvalue weighted by atomic mass is 32.2. The van der Waals surface area contributed by atoms with Gasteiger partial charge in [-0.1, -0.05) is 0 Å². The molecule has 3 rings (SSSR count). The predicted octanol–water partition coefficient (Wildman–Crippen LogP) is 2.11. The number of amides is 2. The van der Waals surface area contributed by atoms with Crippen molar-refractivity contribution in [1.82, 2.24) is 9.62 Å². The van der Waals surface area contributed by atoms with E-state index in [2.05, 4.69) is 5.32 Å². The van der Waals surface area contributed by atoms with Crippen molar-refractivity contribution >= 4 is 27.5 Å². The van der Waals surface area contributed by atoms with E-state index < -0.39 is 22.7 Å². The SMILES string of the molecule is O=C(Nc1ccc(S(=O)(=O)NCC(F)(F)F)cc1)C1CCN(C(=O)C2CC2)CC1. The van der Waals surface area contributed by atoms with E-state index in [0.29, 0.717) is 31.6 Å². The lowest BCUT2D eigenvalue weighted by Gasteiger charge is -2.31. The summed E-state index contributed by atoms with van der Waals surface area (Å²) >= 11 is 0. The van der Waals surface area contributed by atoms with Gasteiger partial charge in [0.05, 0.1) is 4.90 Å². The summed E-state index contributed by atoms with van der Waals surface area (Å²) in [5.41, 5.74) is 0.348. The lowest BCUT2D eigenvalue weighted by molar-refractivity contribution is -0.135. The molecule has 7 nitrogen and oxygen atoms in total. The van der Waals surface area contributed by atoms with Crippen LogP contribution in [0.15, 0.2) is 29.2 Å². The third kappa shape index (κ3) is 5.92. The highest BCUT2D eigenvalue weighted by Gasteiger charge is 2.36. The number of carbonyl (C=O) groups excluding carboxylic acids is 2. The third-order valence-corrected chi connectivity index (χ3v) is 6.42. The summed E-state index contributed by atoms with van der Waals surface area (Å²) in [5, 5.41) is 2.69. The maximum atomic E-state index is 12.4. The molecule has 1 aromatic carbocycles. The van der Waals surface area contributed by atoms with Crippen LogP contribution in [0, 0.1) is 11.8 Å². The first-order valence-electron chi connectivity index (χ1n) is 9.31. The van der Waals surface area contributed by atoms with Crippen molar-refractivity contribution in [3.05, 3.63) is 24.3 Å². The number of hydrogen-bond acceptors (Lipinski definition) is 4. The van der Waals surface area contributed by atoms with Crippen molar-refractivity contribution in [1.29, 1.82) is 0 Å². The zero-order chi connectivity index (χ0) is 21.2. The van der Waals surface area contributed by atoms with Gasteiger partial charge in [0.2, 0.25) is 21.8 Å². The minimum atomic E-state index is -4.65. The maximum absolute atomic E-state index is 12.4. The van der Waals surface area contributed by atoms with Gasteiger partial charge >= 0.3 is 6.18 Å². The number of anilines is 1. The molecule has 2 amide bonds. The zero-order valence-electron chi connectivity index (χ0n) is 15.5. The Kier molecular flexibility index (Phi) is 6.18. The fourth-order valence-electron chi connectivity index (χ4n) is 3.17. The average Bonchev–Trinajstić information content (AvgIpc) is 3.51. The molecule has 0 aromatic heterocycles. The number of nitrogens with zero attached hydrogens (tertiary/aromatic N) is 1. The fraction of sp³-hybridized carbons (Fsp3) is 0.556. The molecule has 0 spiro atoms. The number of halogens is 3. The van der Waals surface area contributed by atoms with Crippen LogP contribution in [-0.2, 0) is 19.6 Å². The quantitative estimate of drug-likeness (QED) is 0.718. The van der Waals surface area contributed by atoms with Crippen LogP contribution >= 0.6 is 0 Å². The molecule has 1 aliphatic heterocycles. The Morgan fingerprint density at radius 2 is 1.59 bits per heavy atom. The number of hydrogen-bond donors (Lipinski definition) is 2. The van der Waals surface area contributed by atoms with E-state index in [0.717, 1.165) is 25.0 Å². The van der Waals surface area contributed by atoms with Crippen molar-refractivity contribution in [3.63, 3.8) is 0 Å². The summed E-state index contributed by atoms with van der Waals surface area (Å²) in [7, 11) is -4.30. The Morgan fingerprint density at radius 3 is 2.10 bits per heavy atom. The van der Waals surface area contributed by atoms with Gasteiger partial charge in [0, 0.05) is 30.6 Å². The van der Waals surface area contributed by atoms with Crippen molar-refractivity contribution < 1.29 is 31.2 Å². The number of piperidine rings is 1. The number of alkyl halides is 3. The van der Waals surface area contributed by atoms with Gasteiger partial charge in [-0.2, -0.15) is 13.2 Å². The molecule has 0 unspecified atom stereocenters. The van der Waals surface area contributed by atoms with Gasteiger partial charge in [-0.3, -0.25) is 9.59 Å². The molecule has 0 atom stereocenters. The Bertz CT molecular complexity index is 859. The Labute approximate surface area is 166 Å². The minimum absolute atomic E-state index is 0.154. The average molecular weight is 433 g/mol. The van der Waals surface area contributed by atoms with Gasteiger partial charge in [0.1, 0.15) is 6.54 Å². The van der Waals surface area contributed by atoms with Crippen LogP contribution in [0.3, 0.4) is 0 Å². The van der Waals surface area contributed by atoms with E-state index >= 15 is 0 Å². The summed E-state index contributed by atoms with van der Waals surface area (Å²) in [4.78, 5) is 25.9. The Balaban J connectivity index is 1.51. The number of benzene rings is 1. The summed E-state index contributed by atoms with van der Waals surface area (Å²) in [6, 6.07) is 4.91. The van der Waals surface area contributed by atoms with Gasteiger partial charge in [-0.05, 0) is 49.9 Å². The normalized spacial score (nSPS) is 18.5. The molecule has 1 aliphatic carbocycles. The topological polar surface area (TPSA) is 95.6 Å². The summed E-state index contributed by atoms with van der Waals surface area (Å²) in [6.45, 7) is -0.583. The second-order valence-electron chi connectivity index (χ2n) is 7.33. The van der Waals surface area contributed by atoms with Gasteiger partial charge in [-0.25, -0.2) is 13.1 Å². The fourth-order valence-corrected chi connectivity index (χ4v) is 4.19. The Morgan fingerprint density at radius 1 is 1.00 bits per heavy atom. The van der Waals surface area contributed by atoms with Crippen LogP contribution in [0.2, 0.25) is 0 Å². The van der Waals surface area contributed by atoms with Crippen molar-refractivity contribution in [3.8, 4) is 0 Å². The van der Waals surface area contributed by atoms with Crippen LogP contribution < -0.4 is 10.0 Å². The van der Waals surface area contributed by atoms with Gasteiger partial charge < -0.3 is 10.2 Å². The number of likely N-dealkylation sites (tertiary alicyclic amines) is 1. The molecule has 1 aromatic rings. The lowest BCUT2D eigenvalue weighted by atomic mass is 9.95. The van der Waals surface area contributed by atoms with Crippen molar-refractivity contribution in [2.24, 2.45) is 11.8 Å². The molecule has 0 bridgehead atoms. The van der Waals surface area contributed by atoms with Gasteiger partial charge in [-0.15, -0.1) is 0 Å². The van der Waals surface area contributed by atoms with Crippen LogP contribution in [-0.4, -0.2) is 50.9 Å². The van der Waals surface area contributed by atoms with E-state index in [1.165, 1.54) is 16.9 Å². The molecule has 0 radical (unpaired) electrons. The summed E-state index contributed by atoms with van der Waals surface area (Å²) in [5.74, 6) is -0.162. The van der Waals surface area contributed by atoms with E-state index in [1.807, 2.05) is 0 Å². The summed E-state index contributed by atoms with van der Waals surface area (Å²) < 4.78 is 61.8. The lowest BCUT2D eigenvalue weighted by Crippen LogP contribution is -2.42. The molecule has 1 saturated heterocycles. The second kappa shape index (κ2) is 8.31. The smallest absolute Gasteiger partial charge is 0.342 e. The second-order valence-corrected chi connectivity index (χ2v) is 9.09. The number of sulfonamides is 1. The largest absolute Gasteiger partial charge is 0.402 e. The number of nitrogens with one attached hydrogen (secondary N) is 2. The molecule has 160 valence electrons. The van der Waals surface area contributed by atoms with E-state index in [4.69, 9.17) is 0 Å². The molecular weight excluding hydrogens is 411 g/mol. The third-order valence-electron chi connectivity index (χ3n) is 5.00. The molecule has 2 N–H and O–H groups in total. The highest BCUT2D eigenvalue weighted by Crippen LogP contribution is 2.32. The van der Waals surface area contributed by atoms with Crippen LogP contribution in [0.1, 0.15) is 25.7 Å².